The Morgan fingerprint density at radius 1 is 1.07 bits per heavy atom. The third-order valence-corrected chi connectivity index (χ3v) is 6.45. The Bertz CT molecular complexity index is 876. The quantitative estimate of drug-likeness (QED) is 0.681. The molecule has 0 spiro atoms. The van der Waals surface area contributed by atoms with Gasteiger partial charge in [-0.05, 0) is 54.3 Å². The predicted molar refractivity (Wildman–Crippen MR) is 116 cm³/mol. The minimum Gasteiger partial charge on any atom is -0.497 e. The van der Waals surface area contributed by atoms with Gasteiger partial charge in [-0.15, -0.1) is 0 Å². The number of rotatable bonds is 4. The fourth-order valence-electron chi connectivity index (χ4n) is 4.36. The van der Waals surface area contributed by atoms with Crippen LogP contribution < -0.4 is 4.74 Å². The lowest BCUT2D eigenvalue weighted by atomic mass is 9.72. The van der Waals surface area contributed by atoms with E-state index in [2.05, 4.69) is 0 Å². The molecule has 2 aromatic carbocycles. The molecule has 30 heavy (non-hydrogen) atoms. The number of hydrogen-bond donors (Lipinski definition) is 0. The predicted octanol–water partition coefficient (Wildman–Crippen LogP) is 4.65. The third kappa shape index (κ3) is 4.30. The molecule has 1 amide bonds. The number of nitrogens with zero attached hydrogens (tertiary/aromatic N) is 1. The minimum atomic E-state index is -0.599. The Hall–Kier alpha value is -1.79. The molecule has 1 atom stereocenters. The molecule has 2 saturated heterocycles. The van der Waals surface area contributed by atoms with E-state index in [1.54, 1.807) is 13.2 Å². The van der Waals surface area contributed by atoms with Gasteiger partial charge in [-0.3, -0.25) is 4.79 Å². The molecule has 4 rings (SSSR count). The van der Waals surface area contributed by atoms with Gasteiger partial charge in [-0.1, -0.05) is 35.3 Å². The lowest BCUT2D eigenvalue weighted by molar-refractivity contribution is -0.149. The van der Waals surface area contributed by atoms with Crippen molar-refractivity contribution < 1.29 is 19.0 Å². The van der Waals surface area contributed by atoms with Crippen LogP contribution in [0.5, 0.6) is 5.75 Å². The van der Waals surface area contributed by atoms with Crippen LogP contribution in [-0.4, -0.2) is 50.8 Å². The number of methoxy groups -OCH3 is 1. The summed E-state index contributed by atoms with van der Waals surface area (Å²) in [6, 6.07) is 13.2. The molecule has 0 bridgehead atoms. The molecule has 0 N–H and O–H groups in total. The van der Waals surface area contributed by atoms with Crippen molar-refractivity contribution in [1.82, 2.24) is 4.90 Å². The maximum absolute atomic E-state index is 13.9. The summed E-state index contributed by atoms with van der Waals surface area (Å²) >= 11 is 12.3. The van der Waals surface area contributed by atoms with Gasteiger partial charge in [0.1, 0.15) is 11.9 Å². The van der Waals surface area contributed by atoms with E-state index in [9.17, 15) is 4.79 Å². The highest BCUT2D eigenvalue weighted by molar-refractivity contribution is 6.34. The van der Waals surface area contributed by atoms with Crippen molar-refractivity contribution in [2.45, 2.75) is 24.4 Å². The van der Waals surface area contributed by atoms with Crippen LogP contribution in [0.3, 0.4) is 0 Å². The van der Waals surface area contributed by atoms with Gasteiger partial charge in [0.25, 0.3) is 0 Å². The van der Waals surface area contributed by atoms with Gasteiger partial charge >= 0.3 is 0 Å². The Kier molecular flexibility index (Phi) is 6.54. The van der Waals surface area contributed by atoms with Crippen LogP contribution in [0.15, 0.2) is 42.5 Å². The number of ether oxygens (including phenoxy) is 3. The first kappa shape index (κ1) is 21.4. The molecule has 0 saturated carbocycles. The smallest absolute Gasteiger partial charge is 0.233 e. The minimum absolute atomic E-state index is 0.123. The van der Waals surface area contributed by atoms with Crippen molar-refractivity contribution in [2.75, 3.05) is 40.0 Å². The second-order valence-electron chi connectivity index (χ2n) is 7.74. The summed E-state index contributed by atoms with van der Waals surface area (Å²) in [6.45, 7) is 2.62. The second kappa shape index (κ2) is 9.15. The topological polar surface area (TPSA) is 48.0 Å². The fourth-order valence-corrected chi connectivity index (χ4v) is 4.90. The first-order valence-corrected chi connectivity index (χ1v) is 10.9. The zero-order valence-electron chi connectivity index (χ0n) is 16.9. The molecule has 0 radical (unpaired) electrons. The van der Waals surface area contributed by atoms with E-state index in [0.29, 0.717) is 55.8 Å². The van der Waals surface area contributed by atoms with E-state index >= 15 is 0 Å². The number of hydrogen-bond acceptors (Lipinski definition) is 4. The van der Waals surface area contributed by atoms with Crippen molar-refractivity contribution in [2.24, 2.45) is 0 Å². The summed E-state index contributed by atoms with van der Waals surface area (Å²) < 4.78 is 16.8. The summed E-state index contributed by atoms with van der Waals surface area (Å²) in [5.41, 5.74) is 1.29. The average molecular weight is 450 g/mol. The van der Waals surface area contributed by atoms with E-state index in [-0.39, 0.29) is 12.0 Å². The molecule has 160 valence electrons. The van der Waals surface area contributed by atoms with Gasteiger partial charge in [-0.25, -0.2) is 0 Å². The molecular formula is C23H25Cl2NO4. The van der Waals surface area contributed by atoms with E-state index < -0.39 is 5.41 Å². The van der Waals surface area contributed by atoms with Crippen molar-refractivity contribution in [3.05, 3.63) is 63.6 Å². The molecule has 2 aliphatic rings. The largest absolute Gasteiger partial charge is 0.497 e. The SMILES string of the molecule is COc1ccc(C2(C(=O)N3CCOC(c4cc(Cl)cc(Cl)c4)C3)CCOCC2)cc1. The highest BCUT2D eigenvalue weighted by Crippen LogP contribution is 2.39. The van der Waals surface area contributed by atoms with Gasteiger partial charge < -0.3 is 19.1 Å². The standard InChI is InChI=1S/C23H25Cl2NO4/c1-28-20-4-2-17(3-5-20)23(6-9-29-10-7-23)22(27)26-8-11-30-21(15-26)16-12-18(24)14-19(25)13-16/h2-5,12-14,21H,6-11,15H2,1H3. The molecular weight excluding hydrogens is 425 g/mol. The van der Waals surface area contributed by atoms with Crippen molar-refractivity contribution >= 4 is 29.1 Å². The first-order valence-electron chi connectivity index (χ1n) is 10.1. The third-order valence-electron chi connectivity index (χ3n) is 6.01. The number of morpholine rings is 1. The van der Waals surface area contributed by atoms with Gasteiger partial charge in [0.2, 0.25) is 5.91 Å². The molecule has 7 heteroatoms. The van der Waals surface area contributed by atoms with E-state index in [1.807, 2.05) is 41.3 Å². The molecule has 2 aromatic rings. The number of carbonyl (C=O) groups is 1. The average Bonchev–Trinajstić information content (AvgIpc) is 2.78. The van der Waals surface area contributed by atoms with Crippen LogP contribution in [0.2, 0.25) is 10.0 Å². The van der Waals surface area contributed by atoms with Crippen molar-refractivity contribution in [3.63, 3.8) is 0 Å². The molecule has 2 fully saturated rings. The highest BCUT2D eigenvalue weighted by Gasteiger charge is 2.45. The number of carbonyl (C=O) groups excluding carboxylic acids is 1. The number of halogens is 2. The maximum atomic E-state index is 13.9. The molecule has 5 nitrogen and oxygen atoms in total. The van der Waals surface area contributed by atoms with Crippen LogP contribution >= 0.6 is 23.2 Å². The van der Waals surface area contributed by atoms with E-state index in [4.69, 9.17) is 37.4 Å². The van der Waals surface area contributed by atoms with Crippen LogP contribution in [-0.2, 0) is 19.7 Å². The molecule has 2 heterocycles. The van der Waals surface area contributed by atoms with E-state index in [0.717, 1.165) is 16.9 Å². The van der Waals surface area contributed by atoms with Crippen LogP contribution in [0.1, 0.15) is 30.1 Å². The zero-order valence-corrected chi connectivity index (χ0v) is 18.4. The zero-order chi connectivity index (χ0) is 21.1. The Balaban J connectivity index is 1.60. The summed E-state index contributed by atoms with van der Waals surface area (Å²) in [4.78, 5) is 15.8. The Labute approximate surface area is 186 Å². The lowest BCUT2D eigenvalue weighted by Gasteiger charge is -2.42. The Morgan fingerprint density at radius 2 is 1.73 bits per heavy atom. The van der Waals surface area contributed by atoms with Gasteiger partial charge in [0.05, 0.1) is 25.7 Å². The van der Waals surface area contributed by atoms with Crippen LogP contribution in [0, 0.1) is 0 Å². The summed E-state index contributed by atoms with van der Waals surface area (Å²) in [7, 11) is 1.64. The summed E-state index contributed by atoms with van der Waals surface area (Å²) in [5.74, 6) is 0.898. The first-order chi connectivity index (χ1) is 14.5. The normalized spacial score (nSPS) is 21.3. The molecule has 2 aliphatic heterocycles. The molecule has 0 aliphatic carbocycles. The number of benzene rings is 2. The lowest BCUT2D eigenvalue weighted by Crippen LogP contribution is -2.53. The van der Waals surface area contributed by atoms with E-state index in [1.165, 1.54) is 0 Å². The molecule has 0 aromatic heterocycles. The van der Waals surface area contributed by atoms with Gasteiger partial charge in [-0.2, -0.15) is 0 Å². The van der Waals surface area contributed by atoms with Crippen molar-refractivity contribution in [1.29, 1.82) is 0 Å². The van der Waals surface area contributed by atoms with Crippen LogP contribution in [0.25, 0.3) is 0 Å². The Morgan fingerprint density at radius 3 is 2.37 bits per heavy atom. The number of amides is 1. The molecule has 1 unspecified atom stereocenters. The monoisotopic (exact) mass is 449 g/mol. The fraction of sp³-hybridized carbons (Fsp3) is 0.435. The van der Waals surface area contributed by atoms with Gasteiger partial charge in [0, 0.05) is 29.8 Å². The summed E-state index contributed by atoms with van der Waals surface area (Å²) in [6.07, 6.45) is 1.05. The maximum Gasteiger partial charge on any atom is 0.233 e. The summed E-state index contributed by atoms with van der Waals surface area (Å²) in [5, 5.41) is 1.12. The van der Waals surface area contributed by atoms with Gasteiger partial charge in [0.15, 0.2) is 0 Å². The van der Waals surface area contributed by atoms with Crippen molar-refractivity contribution in [3.8, 4) is 5.75 Å². The second-order valence-corrected chi connectivity index (χ2v) is 8.61. The van der Waals surface area contributed by atoms with Crippen LogP contribution in [0.4, 0.5) is 0 Å². The highest BCUT2D eigenvalue weighted by atomic mass is 35.5.